The molecule has 1 aliphatic rings. The lowest BCUT2D eigenvalue weighted by Gasteiger charge is -2.22. The van der Waals surface area contributed by atoms with E-state index in [2.05, 4.69) is 25.4 Å². The van der Waals surface area contributed by atoms with Gasteiger partial charge in [-0.2, -0.15) is 0 Å². The van der Waals surface area contributed by atoms with Gasteiger partial charge in [0.25, 0.3) is 11.5 Å². The Morgan fingerprint density at radius 3 is 2.79 bits per heavy atom. The van der Waals surface area contributed by atoms with Crippen LogP contribution in [-0.2, 0) is 11.2 Å². The van der Waals surface area contributed by atoms with Crippen LogP contribution in [0.1, 0.15) is 59.8 Å². The van der Waals surface area contributed by atoms with Gasteiger partial charge in [-0.05, 0) is 30.9 Å². The highest BCUT2D eigenvalue weighted by Gasteiger charge is 2.28. The molecule has 0 saturated heterocycles. The number of aromatic nitrogens is 5. The summed E-state index contributed by atoms with van der Waals surface area (Å²) in [6.07, 6.45) is 9.49. The first kappa shape index (κ1) is 21.7. The number of amides is 1. The average Bonchev–Trinajstić information content (AvgIpc) is 3.60. The molecule has 1 fully saturated rings. The Balaban J connectivity index is 1.51. The summed E-state index contributed by atoms with van der Waals surface area (Å²) >= 11 is 0. The first-order valence-corrected chi connectivity index (χ1v) is 11.2. The molecule has 1 aliphatic carbocycles. The molecule has 0 aliphatic heterocycles. The van der Waals surface area contributed by atoms with Crippen LogP contribution in [-0.4, -0.2) is 47.6 Å². The molecule has 34 heavy (non-hydrogen) atoms. The largest absolute Gasteiger partial charge is 0.480 e. The summed E-state index contributed by atoms with van der Waals surface area (Å²) in [5.41, 5.74) is 1.63. The van der Waals surface area contributed by atoms with Crippen LogP contribution >= 0.6 is 0 Å². The Labute approximate surface area is 193 Å². The van der Waals surface area contributed by atoms with E-state index >= 15 is 0 Å². The van der Waals surface area contributed by atoms with Gasteiger partial charge in [0.1, 0.15) is 17.4 Å². The molecule has 0 radical (unpaired) electrons. The fourth-order valence-electron chi connectivity index (χ4n) is 4.57. The first-order valence-electron chi connectivity index (χ1n) is 11.2. The number of carbonyl (C=O) groups excluding carboxylic acids is 1. The lowest BCUT2D eigenvalue weighted by Crippen LogP contribution is -2.42. The number of carboxylic acid groups (broad SMARTS) is 1. The molecule has 1 saturated carbocycles. The Hall–Kier alpha value is -4.15. The van der Waals surface area contributed by atoms with Gasteiger partial charge in [0, 0.05) is 24.4 Å². The average molecular weight is 464 g/mol. The number of carboxylic acids is 1. The second-order valence-electron chi connectivity index (χ2n) is 8.50. The lowest BCUT2D eigenvalue weighted by molar-refractivity contribution is -0.139. The number of aliphatic carboxylic acids is 1. The smallest absolute Gasteiger partial charge is 0.326 e. The van der Waals surface area contributed by atoms with Crippen molar-refractivity contribution in [1.29, 1.82) is 0 Å². The monoisotopic (exact) mass is 464 g/mol. The van der Waals surface area contributed by atoms with E-state index in [1.807, 2.05) is 0 Å². The third-order valence-corrected chi connectivity index (χ3v) is 6.24. The van der Waals surface area contributed by atoms with E-state index in [4.69, 9.17) is 4.42 Å². The number of rotatable bonds is 7. The summed E-state index contributed by atoms with van der Waals surface area (Å²) in [6.45, 7) is 0. The number of nitrogens with zero attached hydrogens (tertiary/aromatic N) is 3. The summed E-state index contributed by atoms with van der Waals surface area (Å²) in [5, 5.41) is 14.8. The number of carbonyl (C=O) groups is 2. The summed E-state index contributed by atoms with van der Waals surface area (Å²) in [5.74, 6) is -1.29. The zero-order valence-electron chi connectivity index (χ0n) is 18.3. The van der Waals surface area contributed by atoms with Crippen LogP contribution in [0.2, 0.25) is 0 Å². The highest BCUT2D eigenvalue weighted by Crippen LogP contribution is 2.35. The van der Waals surface area contributed by atoms with E-state index in [1.54, 1.807) is 12.1 Å². The number of imidazole rings is 1. The summed E-state index contributed by atoms with van der Waals surface area (Å²) in [7, 11) is 0. The zero-order chi connectivity index (χ0) is 23.7. The maximum Gasteiger partial charge on any atom is 0.326 e. The zero-order valence-corrected chi connectivity index (χ0v) is 18.3. The van der Waals surface area contributed by atoms with Crippen molar-refractivity contribution >= 4 is 17.5 Å². The van der Waals surface area contributed by atoms with Crippen molar-refractivity contribution in [3.05, 3.63) is 64.3 Å². The molecule has 4 heterocycles. The molecular weight excluding hydrogens is 440 g/mol. The molecule has 4 aromatic heterocycles. The van der Waals surface area contributed by atoms with Crippen LogP contribution in [0.5, 0.6) is 0 Å². The van der Waals surface area contributed by atoms with Crippen LogP contribution in [0, 0.1) is 0 Å². The van der Waals surface area contributed by atoms with Gasteiger partial charge in [0.15, 0.2) is 11.4 Å². The topological polar surface area (TPSA) is 158 Å². The first-order chi connectivity index (χ1) is 16.5. The predicted molar refractivity (Wildman–Crippen MR) is 121 cm³/mol. The van der Waals surface area contributed by atoms with Gasteiger partial charge in [0.2, 0.25) is 0 Å². The quantitative estimate of drug-likeness (QED) is 0.327. The molecule has 5 rings (SSSR count). The minimum atomic E-state index is -1.19. The van der Waals surface area contributed by atoms with Crippen molar-refractivity contribution in [3.63, 3.8) is 0 Å². The van der Waals surface area contributed by atoms with Gasteiger partial charge >= 0.3 is 5.97 Å². The molecule has 4 aromatic rings. The lowest BCUT2D eigenvalue weighted by atomic mass is 9.83. The fraction of sp³-hybridized carbons (Fsp3) is 0.348. The van der Waals surface area contributed by atoms with Gasteiger partial charge in [-0.15, -0.1) is 0 Å². The minimum absolute atomic E-state index is 0.0339. The molecule has 1 atom stereocenters. The minimum Gasteiger partial charge on any atom is -0.480 e. The van der Waals surface area contributed by atoms with Crippen molar-refractivity contribution in [2.24, 2.45) is 0 Å². The van der Waals surface area contributed by atoms with E-state index in [0.717, 1.165) is 32.1 Å². The molecule has 176 valence electrons. The Bertz CT molecular complexity index is 1360. The van der Waals surface area contributed by atoms with Crippen LogP contribution in [0.25, 0.3) is 17.1 Å². The molecule has 1 amide bonds. The molecular formula is C23H24N6O5. The maximum absolute atomic E-state index is 13.5. The SMILES string of the molecule is O=C(N[C@@H](Cc1cnc[nH]1)C(=O)O)c1cc2nc(-c3ccco3)c(C3CCCCC3)c(=O)n2[nH]1. The van der Waals surface area contributed by atoms with Gasteiger partial charge in [0.05, 0.1) is 18.2 Å². The number of fused-ring (bicyclic) bond motifs is 1. The number of hydrogen-bond donors (Lipinski definition) is 4. The van der Waals surface area contributed by atoms with Crippen molar-refractivity contribution in [2.75, 3.05) is 0 Å². The van der Waals surface area contributed by atoms with Crippen LogP contribution in [0.4, 0.5) is 0 Å². The normalized spacial score (nSPS) is 15.4. The molecule has 0 aromatic carbocycles. The Kier molecular flexibility index (Phi) is 5.74. The molecule has 0 bridgehead atoms. The summed E-state index contributed by atoms with van der Waals surface area (Å²) < 4.78 is 6.81. The van der Waals surface area contributed by atoms with Gasteiger partial charge < -0.3 is 19.8 Å². The van der Waals surface area contributed by atoms with E-state index in [9.17, 15) is 19.5 Å². The standard InChI is InChI=1S/C23H24N6O5/c30-21(26-16(23(32)33)9-14-11-24-12-25-14)15-10-18-27-20(17-7-4-8-34-17)19(22(31)29(18)28-15)13-5-2-1-3-6-13/h4,7-8,10-13,16,28H,1-3,5-6,9H2,(H,24,25)(H,26,30)(H,32,33)/t16-/m0/s1. The van der Waals surface area contributed by atoms with E-state index in [0.29, 0.717) is 22.7 Å². The van der Waals surface area contributed by atoms with Gasteiger partial charge in [-0.25, -0.2) is 19.3 Å². The highest BCUT2D eigenvalue weighted by atomic mass is 16.4. The molecule has 11 nitrogen and oxygen atoms in total. The van der Waals surface area contributed by atoms with Gasteiger partial charge in [-0.1, -0.05) is 19.3 Å². The molecule has 0 unspecified atom stereocenters. The van der Waals surface area contributed by atoms with Crippen LogP contribution in [0.3, 0.4) is 0 Å². The van der Waals surface area contributed by atoms with E-state index in [1.165, 1.54) is 29.4 Å². The third kappa shape index (κ3) is 4.12. The Morgan fingerprint density at radius 1 is 1.29 bits per heavy atom. The number of H-pyrrole nitrogens is 2. The maximum atomic E-state index is 13.5. The second-order valence-corrected chi connectivity index (χ2v) is 8.50. The van der Waals surface area contributed by atoms with Crippen molar-refractivity contribution < 1.29 is 19.1 Å². The molecule has 4 N–H and O–H groups in total. The summed E-state index contributed by atoms with van der Waals surface area (Å²) in [4.78, 5) is 49.4. The number of nitrogens with one attached hydrogen (secondary N) is 3. The fourth-order valence-corrected chi connectivity index (χ4v) is 4.57. The Morgan fingerprint density at radius 2 is 2.12 bits per heavy atom. The molecule has 11 heteroatoms. The van der Waals surface area contributed by atoms with Crippen molar-refractivity contribution in [1.82, 2.24) is 29.9 Å². The van der Waals surface area contributed by atoms with E-state index < -0.39 is 17.9 Å². The van der Waals surface area contributed by atoms with Crippen LogP contribution < -0.4 is 10.9 Å². The van der Waals surface area contributed by atoms with Crippen molar-refractivity contribution in [2.45, 2.75) is 50.5 Å². The molecule has 0 spiro atoms. The number of hydrogen-bond acceptors (Lipinski definition) is 6. The number of aromatic amines is 2. The second kappa shape index (κ2) is 9.00. The summed E-state index contributed by atoms with van der Waals surface area (Å²) in [6, 6.07) is 3.76. The van der Waals surface area contributed by atoms with Gasteiger partial charge in [-0.3, -0.25) is 14.7 Å². The van der Waals surface area contributed by atoms with Crippen LogP contribution in [0.15, 0.2) is 46.2 Å². The van der Waals surface area contributed by atoms with Crippen molar-refractivity contribution in [3.8, 4) is 11.5 Å². The van der Waals surface area contributed by atoms with E-state index in [-0.39, 0.29) is 29.2 Å². The number of furan rings is 1. The highest BCUT2D eigenvalue weighted by molar-refractivity contribution is 5.96. The predicted octanol–water partition coefficient (Wildman–Crippen LogP) is 2.48. The third-order valence-electron chi connectivity index (χ3n) is 6.24.